The summed E-state index contributed by atoms with van der Waals surface area (Å²) in [6.45, 7) is 6.44. The van der Waals surface area contributed by atoms with Gasteiger partial charge in [0.05, 0.1) is 4.91 Å². The van der Waals surface area contributed by atoms with E-state index in [0.29, 0.717) is 16.9 Å². The summed E-state index contributed by atoms with van der Waals surface area (Å²) in [5, 5.41) is -0.178. The summed E-state index contributed by atoms with van der Waals surface area (Å²) >= 11 is 1.04. The Balaban J connectivity index is 1.30. The molecule has 7 rings (SSSR count). The zero-order valence-corrected chi connectivity index (χ0v) is 20.6. The van der Waals surface area contributed by atoms with E-state index < -0.39 is 0 Å². The lowest BCUT2D eigenvalue weighted by Crippen LogP contribution is -2.48. The van der Waals surface area contributed by atoms with Crippen molar-refractivity contribution in [1.29, 1.82) is 0 Å². The second-order valence-electron chi connectivity index (χ2n) is 10.8. The van der Waals surface area contributed by atoms with E-state index in [1.165, 1.54) is 49.1 Å². The standard InChI is InChI=1S/C28H32N2O2S/c1-4-29-26(31)25(33-27(29)32)13-22-9-17(2)30(18(22)3)24-7-5-23(6-8-24)28-14-19-10-20(15-28)12-21(11-19)16-28/h5-9,13,19-21H,4,10-12,14-16H2,1-3H3/b25-13+. The molecule has 0 atom stereocenters. The Morgan fingerprint density at radius 3 is 2.15 bits per heavy atom. The van der Waals surface area contributed by atoms with Crippen molar-refractivity contribution in [1.82, 2.24) is 9.47 Å². The van der Waals surface area contributed by atoms with Gasteiger partial charge in [0.25, 0.3) is 11.1 Å². The molecule has 5 fully saturated rings. The minimum absolute atomic E-state index is 0.178. The number of aryl methyl sites for hydroxylation is 1. The molecule has 172 valence electrons. The predicted molar refractivity (Wildman–Crippen MR) is 133 cm³/mol. The molecular weight excluding hydrogens is 428 g/mol. The molecule has 0 spiro atoms. The third kappa shape index (κ3) is 3.34. The Kier molecular flexibility index (Phi) is 4.92. The predicted octanol–water partition coefficient (Wildman–Crippen LogP) is 6.62. The fourth-order valence-electron chi connectivity index (χ4n) is 7.67. The number of carbonyl (C=O) groups excluding carboxylic acids is 2. The molecule has 4 aliphatic carbocycles. The second kappa shape index (κ2) is 7.63. The average molecular weight is 461 g/mol. The summed E-state index contributed by atoms with van der Waals surface area (Å²) in [6, 6.07) is 11.4. The largest absolute Gasteiger partial charge is 0.318 e. The highest BCUT2D eigenvalue weighted by atomic mass is 32.2. The van der Waals surface area contributed by atoms with Gasteiger partial charge >= 0.3 is 0 Å². The lowest BCUT2D eigenvalue weighted by molar-refractivity contribution is -0.122. The SMILES string of the molecule is CCN1C(=O)S/C(=C/c2cc(C)n(-c3ccc(C45CC6CC(CC(C6)C4)C5)cc3)c2C)C1=O. The third-order valence-electron chi connectivity index (χ3n) is 8.72. The highest BCUT2D eigenvalue weighted by molar-refractivity contribution is 8.18. The Morgan fingerprint density at radius 1 is 1.00 bits per heavy atom. The summed E-state index contributed by atoms with van der Waals surface area (Å²) in [5.74, 6) is 2.67. The normalized spacial score (nSPS) is 31.9. The van der Waals surface area contributed by atoms with E-state index in [0.717, 1.165) is 46.5 Å². The van der Waals surface area contributed by atoms with Crippen LogP contribution in [0.5, 0.6) is 0 Å². The Morgan fingerprint density at radius 2 is 1.61 bits per heavy atom. The zero-order chi connectivity index (χ0) is 22.9. The number of likely N-dealkylation sites (N-methyl/N-ethyl adjacent to an activating group) is 1. The molecule has 0 N–H and O–H groups in total. The van der Waals surface area contributed by atoms with Crippen LogP contribution in [0, 0.1) is 31.6 Å². The molecule has 0 unspecified atom stereocenters. The van der Waals surface area contributed by atoms with Crippen LogP contribution in [-0.2, 0) is 10.2 Å². The summed E-state index contributed by atoms with van der Waals surface area (Å²) < 4.78 is 2.26. The van der Waals surface area contributed by atoms with E-state index in [2.05, 4.69) is 48.7 Å². The number of thioether (sulfide) groups is 1. The first-order valence-electron chi connectivity index (χ1n) is 12.4. The maximum Gasteiger partial charge on any atom is 0.293 e. The van der Waals surface area contributed by atoms with Gasteiger partial charge in [-0.1, -0.05) is 12.1 Å². The summed E-state index contributed by atoms with van der Waals surface area (Å²) in [7, 11) is 0. The molecule has 1 saturated heterocycles. The first-order valence-corrected chi connectivity index (χ1v) is 13.2. The summed E-state index contributed by atoms with van der Waals surface area (Å²) in [6.07, 6.45) is 10.5. The van der Waals surface area contributed by atoms with Crippen molar-refractivity contribution in [2.45, 2.75) is 64.7 Å². The highest BCUT2D eigenvalue weighted by Crippen LogP contribution is 2.60. The van der Waals surface area contributed by atoms with E-state index in [9.17, 15) is 9.59 Å². The number of benzene rings is 1. The van der Waals surface area contributed by atoms with Crippen molar-refractivity contribution in [3.05, 3.63) is 57.8 Å². The van der Waals surface area contributed by atoms with Crippen molar-refractivity contribution in [3.8, 4) is 5.69 Å². The molecular formula is C28H32N2O2S. The van der Waals surface area contributed by atoms with E-state index in [1.807, 2.05) is 13.0 Å². The number of hydrogen-bond donors (Lipinski definition) is 0. The van der Waals surface area contributed by atoms with Crippen molar-refractivity contribution in [2.24, 2.45) is 17.8 Å². The number of amides is 2. The van der Waals surface area contributed by atoms with Gasteiger partial charge in [-0.25, -0.2) is 0 Å². The van der Waals surface area contributed by atoms with Crippen LogP contribution in [0.1, 0.15) is 68.0 Å². The van der Waals surface area contributed by atoms with Gasteiger partial charge in [0.2, 0.25) is 0 Å². The van der Waals surface area contributed by atoms with Crippen LogP contribution in [0.15, 0.2) is 35.2 Å². The van der Waals surface area contributed by atoms with Crippen LogP contribution >= 0.6 is 11.8 Å². The molecule has 1 aromatic carbocycles. The van der Waals surface area contributed by atoms with E-state index >= 15 is 0 Å². The van der Waals surface area contributed by atoms with Gasteiger partial charge in [0.15, 0.2) is 0 Å². The van der Waals surface area contributed by atoms with Crippen LogP contribution in [0.4, 0.5) is 4.79 Å². The molecule has 4 bridgehead atoms. The number of hydrogen-bond acceptors (Lipinski definition) is 3. The Bertz CT molecular complexity index is 1140. The smallest absolute Gasteiger partial charge is 0.293 e. The van der Waals surface area contributed by atoms with Crippen LogP contribution in [0.2, 0.25) is 0 Å². The van der Waals surface area contributed by atoms with Crippen molar-refractivity contribution >= 4 is 29.0 Å². The molecule has 33 heavy (non-hydrogen) atoms. The lowest BCUT2D eigenvalue weighted by Gasteiger charge is -2.57. The molecule has 4 saturated carbocycles. The van der Waals surface area contributed by atoms with Crippen LogP contribution in [0.3, 0.4) is 0 Å². The van der Waals surface area contributed by atoms with Gasteiger partial charge in [-0.15, -0.1) is 0 Å². The van der Waals surface area contributed by atoms with Crippen LogP contribution in [0.25, 0.3) is 11.8 Å². The van der Waals surface area contributed by atoms with E-state index in [-0.39, 0.29) is 11.1 Å². The first kappa shape index (κ1) is 21.3. The molecule has 4 nitrogen and oxygen atoms in total. The van der Waals surface area contributed by atoms with Gasteiger partial charge in [-0.2, -0.15) is 0 Å². The molecule has 5 aliphatic rings. The van der Waals surface area contributed by atoms with Crippen LogP contribution < -0.4 is 0 Å². The summed E-state index contributed by atoms with van der Waals surface area (Å²) in [5.41, 5.74) is 6.36. The number of imide groups is 1. The van der Waals surface area contributed by atoms with Crippen molar-refractivity contribution in [3.63, 3.8) is 0 Å². The average Bonchev–Trinajstić information content (AvgIpc) is 3.20. The van der Waals surface area contributed by atoms with E-state index in [4.69, 9.17) is 0 Å². The third-order valence-corrected chi connectivity index (χ3v) is 9.63. The molecule has 1 aliphatic heterocycles. The number of nitrogens with zero attached hydrogens (tertiary/aromatic N) is 2. The maximum absolute atomic E-state index is 12.5. The van der Waals surface area contributed by atoms with Crippen molar-refractivity contribution < 1.29 is 9.59 Å². The molecule has 2 aromatic rings. The van der Waals surface area contributed by atoms with Crippen LogP contribution in [-0.4, -0.2) is 27.2 Å². The minimum atomic E-state index is -0.183. The molecule has 2 heterocycles. The zero-order valence-electron chi connectivity index (χ0n) is 19.8. The fourth-order valence-corrected chi connectivity index (χ4v) is 8.57. The monoisotopic (exact) mass is 460 g/mol. The quantitative estimate of drug-likeness (QED) is 0.482. The number of rotatable bonds is 4. The molecule has 5 heteroatoms. The van der Waals surface area contributed by atoms with Gasteiger partial charge in [-0.05, 0) is 130 Å². The van der Waals surface area contributed by atoms with E-state index in [1.54, 1.807) is 5.56 Å². The topological polar surface area (TPSA) is 42.3 Å². The van der Waals surface area contributed by atoms with Gasteiger partial charge < -0.3 is 4.57 Å². The summed E-state index contributed by atoms with van der Waals surface area (Å²) in [4.78, 5) is 26.4. The molecule has 0 radical (unpaired) electrons. The molecule has 1 aromatic heterocycles. The molecule has 2 amide bonds. The number of aromatic nitrogens is 1. The van der Waals surface area contributed by atoms with Gasteiger partial charge in [0.1, 0.15) is 0 Å². The highest BCUT2D eigenvalue weighted by Gasteiger charge is 2.51. The Hall–Kier alpha value is -2.27. The minimum Gasteiger partial charge on any atom is -0.318 e. The number of carbonyl (C=O) groups is 2. The Labute approximate surface area is 200 Å². The van der Waals surface area contributed by atoms with Gasteiger partial charge in [-0.3, -0.25) is 14.5 Å². The maximum atomic E-state index is 12.5. The fraction of sp³-hybridized carbons (Fsp3) is 0.500. The first-order chi connectivity index (χ1) is 15.9. The van der Waals surface area contributed by atoms with Gasteiger partial charge in [0, 0.05) is 23.6 Å². The lowest BCUT2D eigenvalue weighted by atomic mass is 9.48. The second-order valence-corrected chi connectivity index (χ2v) is 11.8. The van der Waals surface area contributed by atoms with Crippen molar-refractivity contribution in [2.75, 3.05) is 6.54 Å².